The molecule has 0 aliphatic carbocycles. The van der Waals surface area contributed by atoms with Crippen molar-refractivity contribution in [1.82, 2.24) is 9.62 Å². The van der Waals surface area contributed by atoms with Gasteiger partial charge in [-0.05, 0) is 19.1 Å². The van der Waals surface area contributed by atoms with Crippen LogP contribution in [0, 0.1) is 18.3 Å². The van der Waals surface area contributed by atoms with Crippen LogP contribution in [0.1, 0.15) is 5.56 Å². The van der Waals surface area contributed by atoms with E-state index in [1.165, 1.54) is 12.1 Å². The first kappa shape index (κ1) is 12.4. The Balaban J connectivity index is 2.11. The molecular formula is C11H11N3O3S. The van der Waals surface area contributed by atoms with Gasteiger partial charge >= 0.3 is 6.03 Å². The molecule has 1 aliphatic rings. The molecule has 0 radical (unpaired) electrons. The molecule has 1 unspecified atom stereocenters. The third-order valence-electron chi connectivity index (χ3n) is 2.58. The van der Waals surface area contributed by atoms with Gasteiger partial charge < -0.3 is 4.90 Å². The Kier molecular flexibility index (Phi) is 2.97. The molecule has 0 bridgehead atoms. The molecule has 0 spiro atoms. The Morgan fingerprint density at radius 1 is 1.44 bits per heavy atom. The fourth-order valence-corrected chi connectivity index (χ4v) is 2.38. The first-order chi connectivity index (χ1) is 8.44. The quantitative estimate of drug-likeness (QED) is 0.793. The number of amides is 2. The number of carbonyl (C=O) groups excluding carboxylic acids is 1. The Labute approximate surface area is 105 Å². The second-order valence-electron chi connectivity index (χ2n) is 4.02. The first-order valence-electron chi connectivity index (χ1n) is 5.24. The number of aryl methyl sites for hydroxylation is 1. The topological polar surface area (TPSA) is 90.0 Å². The number of benzene rings is 1. The van der Waals surface area contributed by atoms with Crippen molar-refractivity contribution in [1.29, 1.82) is 5.26 Å². The van der Waals surface area contributed by atoms with Gasteiger partial charge in [0.15, 0.2) is 0 Å². The number of urea groups is 1. The number of nitriles is 1. The Hall–Kier alpha value is -2.07. The van der Waals surface area contributed by atoms with E-state index in [0.717, 1.165) is 10.5 Å². The third-order valence-corrected chi connectivity index (χ3v) is 3.91. The van der Waals surface area contributed by atoms with Crippen LogP contribution in [0.25, 0.3) is 0 Å². The van der Waals surface area contributed by atoms with Crippen LogP contribution in [-0.2, 0) is 10.0 Å². The van der Waals surface area contributed by atoms with Gasteiger partial charge in [-0.25, -0.2) is 17.9 Å². The molecule has 1 atom stereocenters. The minimum absolute atomic E-state index is 0.0248. The number of sulfonamides is 1. The van der Waals surface area contributed by atoms with E-state index in [9.17, 15) is 13.2 Å². The molecule has 0 saturated carbocycles. The summed E-state index contributed by atoms with van der Waals surface area (Å²) in [6.07, 6.45) is 0. The molecule has 1 saturated heterocycles. The van der Waals surface area contributed by atoms with Crippen LogP contribution in [0.15, 0.2) is 29.2 Å². The van der Waals surface area contributed by atoms with Crippen molar-refractivity contribution in [2.45, 2.75) is 17.9 Å². The highest BCUT2D eigenvalue weighted by atomic mass is 32.2. The summed E-state index contributed by atoms with van der Waals surface area (Å²) in [5.74, 6) is 0. The van der Waals surface area contributed by atoms with Crippen LogP contribution >= 0.6 is 0 Å². The van der Waals surface area contributed by atoms with Crippen LogP contribution in [0.5, 0.6) is 0 Å². The summed E-state index contributed by atoms with van der Waals surface area (Å²) < 4.78 is 25.6. The maximum atomic E-state index is 11.8. The summed E-state index contributed by atoms with van der Waals surface area (Å²) in [5, 5.41) is 8.55. The van der Waals surface area contributed by atoms with Gasteiger partial charge in [0, 0.05) is 0 Å². The van der Waals surface area contributed by atoms with E-state index in [2.05, 4.69) is 0 Å². The maximum Gasteiger partial charge on any atom is 0.332 e. The second-order valence-corrected chi connectivity index (χ2v) is 5.70. The zero-order valence-electron chi connectivity index (χ0n) is 9.62. The van der Waals surface area contributed by atoms with E-state index in [1.807, 2.05) is 17.7 Å². The summed E-state index contributed by atoms with van der Waals surface area (Å²) in [4.78, 5) is 12.7. The van der Waals surface area contributed by atoms with Gasteiger partial charge in [0.2, 0.25) is 0 Å². The third kappa shape index (κ3) is 2.43. The molecular weight excluding hydrogens is 254 g/mol. The highest BCUT2D eigenvalue weighted by Crippen LogP contribution is 2.17. The lowest BCUT2D eigenvalue weighted by molar-refractivity contribution is 0.234. The Morgan fingerprint density at radius 2 is 2.06 bits per heavy atom. The fourth-order valence-electron chi connectivity index (χ4n) is 1.42. The molecule has 1 aromatic carbocycles. The van der Waals surface area contributed by atoms with Crippen LogP contribution in [0.4, 0.5) is 4.79 Å². The standard InChI is InChI=1S/C11H11N3O3S/c1-8-2-4-10(5-3-8)18(16,17)13-11(15)14-7-9(14)6-12/h2-5,9H,7H2,1H3,(H,13,15). The fraction of sp³-hybridized carbons (Fsp3) is 0.273. The van der Waals surface area contributed by atoms with Gasteiger partial charge in [0.05, 0.1) is 17.5 Å². The number of hydrogen-bond donors (Lipinski definition) is 1. The summed E-state index contributed by atoms with van der Waals surface area (Å²) in [6.45, 7) is 2.11. The minimum atomic E-state index is -3.86. The van der Waals surface area contributed by atoms with Crippen molar-refractivity contribution in [3.05, 3.63) is 29.8 Å². The smallest absolute Gasteiger partial charge is 0.303 e. The predicted octanol–water partition coefficient (Wildman–Crippen LogP) is 0.601. The van der Waals surface area contributed by atoms with E-state index in [4.69, 9.17) is 5.26 Å². The monoisotopic (exact) mass is 265 g/mol. The lowest BCUT2D eigenvalue weighted by Crippen LogP contribution is -2.34. The molecule has 0 aromatic heterocycles. The molecule has 7 heteroatoms. The lowest BCUT2D eigenvalue weighted by Gasteiger charge is -2.07. The van der Waals surface area contributed by atoms with E-state index in [-0.39, 0.29) is 11.4 Å². The maximum absolute atomic E-state index is 11.8. The second kappa shape index (κ2) is 4.31. The number of carbonyl (C=O) groups is 1. The van der Waals surface area contributed by atoms with Gasteiger partial charge in [-0.1, -0.05) is 17.7 Å². The van der Waals surface area contributed by atoms with Crippen molar-refractivity contribution in [3.63, 3.8) is 0 Å². The van der Waals surface area contributed by atoms with Gasteiger partial charge in [-0.2, -0.15) is 5.26 Å². The molecule has 2 amide bonds. The predicted molar refractivity (Wildman–Crippen MR) is 63.0 cm³/mol. The number of nitrogens with one attached hydrogen (secondary N) is 1. The molecule has 1 heterocycles. The summed E-state index contributed by atoms with van der Waals surface area (Å²) in [6, 6.07) is 6.74. The first-order valence-corrected chi connectivity index (χ1v) is 6.72. The lowest BCUT2D eigenvalue weighted by atomic mass is 10.2. The van der Waals surface area contributed by atoms with Crippen LogP contribution in [0.3, 0.4) is 0 Å². The van der Waals surface area contributed by atoms with Crippen LogP contribution in [-0.4, -0.2) is 31.9 Å². The largest absolute Gasteiger partial charge is 0.332 e. The van der Waals surface area contributed by atoms with Gasteiger partial charge in [-0.15, -0.1) is 0 Å². The minimum Gasteiger partial charge on any atom is -0.303 e. The number of hydrogen-bond acceptors (Lipinski definition) is 4. The van der Waals surface area contributed by atoms with Crippen LogP contribution < -0.4 is 4.72 Å². The molecule has 18 heavy (non-hydrogen) atoms. The molecule has 94 valence electrons. The number of rotatable bonds is 2. The molecule has 2 rings (SSSR count). The molecule has 1 aromatic rings. The van der Waals surface area contributed by atoms with Gasteiger partial charge in [0.25, 0.3) is 10.0 Å². The summed E-state index contributed by atoms with van der Waals surface area (Å²) in [5.41, 5.74) is 0.927. The van der Waals surface area contributed by atoms with Crippen molar-refractivity contribution >= 4 is 16.1 Å². The van der Waals surface area contributed by atoms with Gasteiger partial charge in [-0.3, -0.25) is 0 Å². The average molecular weight is 265 g/mol. The Bertz CT molecular complexity index is 616. The average Bonchev–Trinajstić information content (AvgIpc) is 3.08. The zero-order chi connectivity index (χ0) is 13.3. The van der Waals surface area contributed by atoms with Crippen molar-refractivity contribution in [2.24, 2.45) is 0 Å². The number of nitrogens with zero attached hydrogens (tertiary/aromatic N) is 2. The zero-order valence-corrected chi connectivity index (χ0v) is 10.4. The highest BCUT2D eigenvalue weighted by molar-refractivity contribution is 7.90. The normalized spacial score (nSPS) is 18.0. The molecule has 1 aliphatic heterocycles. The molecule has 1 fully saturated rings. The van der Waals surface area contributed by atoms with E-state index in [1.54, 1.807) is 12.1 Å². The van der Waals surface area contributed by atoms with Crippen LogP contribution in [0.2, 0.25) is 0 Å². The van der Waals surface area contributed by atoms with Crippen molar-refractivity contribution in [3.8, 4) is 6.07 Å². The SMILES string of the molecule is Cc1ccc(S(=O)(=O)NC(=O)N2CC2C#N)cc1. The van der Waals surface area contributed by atoms with E-state index in [0.29, 0.717) is 0 Å². The molecule has 1 N–H and O–H groups in total. The Morgan fingerprint density at radius 3 is 2.56 bits per heavy atom. The highest BCUT2D eigenvalue weighted by Gasteiger charge is 2.40. The summed E-state index contributed by atoms with van der Waals surface area (Å²) in [7, 11) is -3.86. The summed E-state index contributed by atoms with van der Waals surface area (Å²) >= 11 is 0. The van der Waals surface area contributed by atoms with Crippen molar-refractivity contribution in [2.75, 3.05) is 6.54 Å². The van der Waals surface area contributed by atoms with Crippen molar-refractivity contribution < 1.29 is 13.2 Å². The van der Waals surface area contributed by atoms with E-state index >= 15 is 0 Å². The molecule has 6 nitrogen and oxygen atoms in total. The van der Waals surface area contributed by atoms with Gasteiger partial charge in [0.1, 0.15) is 6.04 Å². The van der Waals surface area contributed by atoms with E-state index < -0.39 is 22.1 Å².